The van der Waals surface area contributed by atoms with Gasteiger partial charge in [-0.1, -0.05) is 20.3 Å². The van der Waals surface area contributed by atoms with Crippen LogP contribution in [0.25, 0.3) is 0 Å². The lowest BCUT2D eigenvalue weighted by Gasteiger charge is -2.46. The SMILES string of the molecule is CC(C)CC1NC(=O)C(C)N[B-]1(O)O. The second-order valence-corrected chi connectivity index (χ2v) is 4.47. The molecule has 1 aliphatic heterocycles. The second-order valence-electron chi connectivity index (χ2n) is 4.47. The Morgan fingerprint density at radius 2 is 2.07 bits per heavy atom. The van der Waals surface area contributed by atoms with Gasteiger partial charge in [0.2, 0.25) is 5.91 Å². The van der Waals surface area contributed by atoms with E-state index in [2.05, 4.69) is 10.5 Å². The van der Waals surface area contributed by atoms with Gasteiger partial charge in [-0.15, -0.1) is 0 Å². The van der Waals surface area contributed by atoms with Gasteiger partial charge in [0.15, 0.2) is 0 Å². The third-order valence-corrected chi connectivity index (χ3v) is 2.50. The fourth-order valence-corrected chi connectivity index (χ4v) is 1.74. The standard InChI is InChI=1S/C8H18BN2O3/c1-5(2)4-7-9(13,14)11-6(3)8(12)10-7/h5-7,11,13-14H,4H2,1-3H3,(H,10,12)/q-1. The molecular weight excluding hydrogens is 183 g/mol. The Kier molecular flexibility index (Phi) is 3.19. The maximum absolute atomic E-state index is 11.3. The Hall–Kier alpha value is -0.585. The summed E-state index contributed by atoms with van der Waals surface area (Å²) >= 11 is 0. The average Bonchev–Trinajstić information content (AvgIpc) is 1.98. The molecule has 1 saturated heterocycles. The first-order valence-corrected chi connectivity index (χ1v) is 5.01. The van der Waals surface area contributed by atoms with Crippen LogP contribution in [0.15, 0.2) is 0 Å². The molecule has 82 valence electrons. The maximum atomic E-state index is 11.3. The van der Waals surface area contributed by atoms with Gasteiger partial charge in [-0.05, 0) is 18.8 Å². The predicted octanol–water partition coefficient (Wildman–Crippen LogP) is -1.03. The van der Waals surface area contributed by atoms with Crippen molar-refractivity contribution in [1.82, 2.24) is 10.5 Å². The van der Waals surface area contributed by atoms with Gasteiger partial charge in [-0.2, -0.15) is 0 Å². The van der Waals surface area contributed by atoms with Crippen molar-refractivity contribution in [3.8, 4) is 0 Å². The van der Waals surface area contributed by atoms with Crippen LogP contribution < -0.4 is 10.5 Å². The highest BCUT2D eigenvalue weighted by atomic mass is 16.4. The van der Waals surface area contributed by atoms with Crippen LogP contribution in [0.5, 0.6) is 0 Å². The molecule has 5 nitrogen and oxygen atoms in total. The van der Waals surface area contributed by atoms with Crippen LogP contribution >= 0.6 is 0 Å². The molecule has 0 aromatic heterocycles. The van der Waals surface area contributed by atoms with Crippen LogP contribution in [0.1, 0.15) is 27.2 Å². The molecule has 2 atom stereocenters. The van der Waals surface area contributed by atoms with Crippen molar-refractivity contribution in [2.24, 2.45) is 5.92 Å². The highest BCUT2D eigenvalue weighted by molar-refractivity contribution is 6.65. The number of rotatable bonds is 2. The smallest absolute Gasteiger partial charge is 0.332 e. The van der Waals surface area contributed by atoms with Crippen molar-refractivity contribution >= 4 is 12.6 Å². The van der Waals surface area contributed by atoms with E-state index in [1.165, 1.54) is 0 Å². The first-order valence-electron chi connectivity index (χ1n) is 5.01. The van der Waals surface area contributed by atoms with Gasteiger partial charge in [-0.25, -0.2) is 0 Å². The molecule has 1 rings (SSSR count). The van der Waals surface area contributed by atoms with E-state index in [0.29, 0.717) is 12.3 Å². The van der Waals surface area contributed by atoms with Gasteiger partial charge in [-0.3, -0.25) is 4.79 Å². The largest absolute Gasteiger partial charge is 0.569 e. The van der Waals surface area contributed by atoms with Gasteiger partial charge >= 0.3 is 6.69 Å². The molecule has 0 aromatic rings. The lowest BCUT2D eigenvalue weighted by Crippen LogP contribution is -2.75. The summed E-state index contributed by atoms with van der Waals surface area (Å²) in [5.41, 5.74) is 0. The fourth-order valence-electron chi connectivity index (χ4n) is 1.74. The van der Waals surface area contributed by atoms with Gasteiger partial charge in [0.1, 0.15) is 0 Å². The van der Waals surface area contributed by atoms with Crippen molar-refractivity contribution in [2.75, 3.05) is 0 Å². The van der Waals surface area contributed by atoms with Crippen LogP contribution in [0.3, 0.4) is 0 Å². The van der Waals surface area contributed by atoms with Crippen molar-refractivity contribution in [3.05, 3.63) is 0 Å². The summed E-state index contributed by atoms with van der Waals surface area (Å²) in [6.07, 6.45) is 0.554. The molecule has 1 fully saturated rings. The van der Waals surface area contributed by atoms with Crippen LogP contribution in [-0.4, -0.2) is 34.6 Å². The number of carbonyl (C=O) groups excluding carboxylic acids is 1. The van der Waals surface area contributed by atoms with E-state index in [-0.39, 0.29) is 5.91 Å². The van der Waals surface area contributed by atoms with E-state index in [4.69, 9.17) is 0 Å². The highest BCUT2D eigenvalue weighted by Crippen LogP contribution is 2.14. The van der Waals surface area contributed by atoms with Gasteiger partial charge in [0, 0.05) is 0 Å². The number of carbonyl (C=O) groups is 1. The van der Waals surface area contributed by atoms with Crippen LogP contribution in [0.2, 0.25) is 0 Å². The molecule has 0 bridgehead atoms. The van der Waals surface area contributed by atoms with E-state index in [0.717, 1.165) is 0 Å². The van der Waals surface area contributed by atoms with E-state index in [1.807, 2.05) is 13.8 Å². The minimum atomic E-state index is -2.66. The molecule has 4 N–H and O–H groups in total. The Morgan fingerprint density at radius 3 is 2.57 bits per heavy atom. The van der Waals surface area contributed by atoms with E-state index in [9.17, 15) is 14.8 Å². The van der Waals surface area contributed by atoms with Gasteiger partial charge in [0.05, 0.1) is 6.04 Å². The minimum Gasteiger partial charge on any atom is -0.569 e. The summed E-state index contributed by atoms with van der Waals surface area (Å²) in [6.45, 7) is 2.88. The van der Waals surface area contributed by atoms with Gasteiger partial charge in [0.25, 0.3) is 0 Å². The number of hydrogen-bond donors (Lipinski definition) is 4. The summed E-state index contributed by atoms with van der Waals surface area (Å²) in [5.74, 6) is -0.467. The number of hydrogen-bond acceptors (Lipinski definition) is 4. The molecule has 1 amide bonds. The molecule has 0 aliphatic carbocycles. The van der Waals surface area contributed by atoms with E-state index < -0.39 is 18.7 Å². The molecule has 14 heavy (non-hydrogen) atoms. The molecular formula is C8H18BN2O3-. The van der Waals surface area contributed by atoms with E-state index >= 15 is 0 Å². The predicted molar refractivity (Wildman–Crippen MR) is 54.2 cm³/mol. The maximum Gasteiger partial charge on any atom is 0.332 e. The summed E-state index contributed by atoms with van der Waals surface area (Å²) in [6, 6.07) is -0.548. The molecule has 0 spiro atoms. The zero-order valence-corrected chi connectivity index (χ0v) is 8.82. The first kappa shape index (κ1) is 11.5. The second kappa shape index (κ2) is 3.88. The minimum absolute atomic E-state index is 0.184. The molecule has 1 aliphatic rings. The van der Waals surface area contributed by atoms with Crippen LogP contribution in [-0.2, 0) is 4.79 Å². The summed E-state index contributed by atoms with van der Waals surface area (Å²) < 4.78 is 0. The average molecular weight is 201 g/mol. The van der Waals surface area contributed by atoms with Crippen LogP contribution in [0.4, 0.5) is 0 Å². The Balaban J connectivity index is 2.69. The van der Waals surface area contributed by atoms with Crippen LogP contribution in [0, 0.1) is 5.92 Å². The molecule has 6 heteroatoms. The monoisotopic (exact) mass is 201 g/mol. The highest BCUT2D eigenvalue weighted by Gasteiger charge is 2.38. The quantitative estimate of drug-likeness (QED) is 0.430. The van der Waals surface area contributed by atoms with Gasteiger partial charge < -0.3 is 20.6 Å². The van der Waals surface area contributed by atoms with Crippen molar-refractivity contribution in [3.63, 3.8) is 0 Å². The third-order valence-electron chi connectivity index (χ3n) is 2.50. The zero-order chi connectivity index (χ0) is 10.9. The number of amides is 1. The fraction of sp³-hybridized carbons (Fsp3) is 0.875. The zero-order valence-electron chi connectivity index (χ0n) is 8.82. The summed E-state index contributed by atoms with van der Waals surface area (Å²) in [7, 11) is 0. The molecule has 0 saturated carbocycles. The van der Waals surface area contributed by atoms with Crippen molar-refractivity contribution in [2.45, 2.75) is 39.2 Å². The Morgan fingerprint density at radius 1 is 1.50 bits per heavy atom. The Bertz CT molecular complexity index is 233. The normalized spacial score (nSPS) is 31.7. The number of nitrogens with one attached hydrogen (secondary N) is 2. The molecule has 0 aromatic carbocycles. The molecule has 0 radical (unpaired) electrons. The van der Waals surface area contributed by atoms with E-state index in [1.54, 1.807) is 6.92 Å². The lowest BCUT2D eigenvalue weighted by atomic mass is 9.59. The third kappa shape index (κ3) is 2.46. The molecule has 1 heterocycles. The summed E-state index contributed by atoms with van der Waals surface area (Å²) in [4.78, 5) is 11.3. The first-order chi connectivity index (χ1) is 6.33. The summed E-state index contributed by atoms with van der Waals surface area (Å²) in [5, 5.41) is 24.5. The topological polar surface area (TPSA) is 81.6 Å². The van der Waals surface area contributed by atoms with Crippen molar-refractivity contribution < 1.29 is 14.8 Å². The lowest BCUT2D eigenvalue weighted by molar-refractivity contribution is -0.124. The van der Waals surface area contributed by atoms with Crippen molar-refractivity contribution in [1.29, 1.82) is 0 Å². The molecule has 2 unspecified atom stereocenters. The Labute approximate surface area is 83.9 Å².